The van der Waals surface area contributed by atoms with E-state index >= 15 is 0 Å². The van der Waals surface area contributed by atoms with Crippen LogP contribution in [0.2, 0.25) is 0 Å². The number of nitrogens with one attached hydrogen (secondary N) is 1. The summed E-state index contributed by atoms with van der Waals surface area (Å²) in [6.45, 7) is 1.99. The molecule has 0 saturated heterocycles. The molecule has 1 aromatic heterocycles. The monoisotopic (exact) mass is 329 g/mol. The Morgan fingerprint density at radius 3 is 2.85 bits per heavy atom. The van der Waals surface area contributed by atoms with Crippen LogP contribution in [0.25, 0.3) is 10.9 Å². The lowest BCUT2D eigenvalue weighted by Crippen LogP contribution is -2.20. The van der Waals surface area contributed by atoms with Crippen molar-refractivity contribution >= 4 is 38.6 Å². The molecule has 0 atom stereocenters. The first-order chi connectivity index (χ1) is 9.65. The fourth-order valence-corrected chi connectivity index (χ4v) is 2.40. The summed E-state index contributed by atoms with van der Waals surface area (Å²) < 4.78 is 2.21. The molecular formula is C15H12BrN3O. The van der Waals surface area contributed by atoms with Crippen molar-refractivity contribution in [3.63, 3.8) is 0 Å². The van der Waals surface area contributed by atoms with Gasteiger partial charge in [0, 0.05) is 9.86 Å². The molecule has 2 aromatic carbocycles. The molecule has 1 amide bonds. The number of amides is 1. The van der Waals surface area contributed by atoms with Crippen molar-refractivity contribution in [1.29, 1.82) is 0 Å². The van der Waals surface area contributed by atoms with Crippen LogP contribution in [0.4, 0.5) is 10.5 Å². The summed E-state index contributed by atoms with van der Waals surface area (Å²) in [6, 6.07) is 13.1. The third-order valence-electron chi connectivity index (χ3n) is 3.03. The Bertz CT molecular complexity index is 795. The highest BCUT2D eigenvalue weighted by Crippen LogP contribution is 2.22. The van der Waals surface area contributed by atoms with Crippen LogP contribution in [-0.2, 0) is 0 Å². The van der Waals surface area contributed by atoms with Crippen molar-refractivity contribution < 1.29 is 4.79 Å². The summed E-state index contributed by atoms with van der Waals surface area (Å²) >= 11 is 3.41. The second-order valence-corrected chi connectivity index (χ2v) is 5.38. The topological polar surface area (TPSA) is 46.9 Å². The Balaban J connectivity index is 1.97. The molecule has 1 heterocycles. The van der Waals surface area contributed by atoms with Crippen LogP contribution in [-0.4, -0.2) is 15.8 Å². The Hall–Kier alpha value is -2.14. The molecule has 4 nitrogen and oxygen atoms in total. The summed E-state index contributed by atoms with van der Waals surface area (Å²) in [5.41, 5.74) is 2.61. The maximum atomic E-state index is 12.3. The maximum absolute atomic E-state index is 12.3. The molecule has 0 unspecified atom stereocenters. The van der Waals surface area contributed by atoms with Gasteiger partial charge in [0.15, 0.2) is 0 Å². The fraction of sp³-hybridized carbons (Fsp3) is 0.0667. The van der Waals surface area contributed by atoms with Crippen molar-refractivity contribution in [3.8, 4) is 0 Å². The van der Waals surface area contributed by atoms with Crippen LogP contribution in [0.15, 0.2) is 53.1 Å². The smallest absolute Gasteiger partial charge is 0.305 e. The molecule has 0 radical (unpaired) electrons. The van der Waals surface area contributed by atoms with E-state index in [2.05, 4.69) is 26.3 Å². The first kappa shape index (κ1) is 12.9. The molecule has 0 aliphatic carbocycles. The number of anilines is 1. The molecule has 0 aliphatic heterocycles. The van der Waals surface area contributed by atoms with Crippen LogP contribution in [0.5, 0.6) is 0 Å². The number of rotatable bonds is 1. The first-order valence-electron chi connectivity index (χ1n) is 6.15. The van der Waals surface area contributed by atoms with E-state index in [1.165, 1.54) is 4.68 Å². The Morgan fingerprint density at radius 2 is 2.05 bits per heavy atom. The lowest BCUT2D eigenvalue weighted by Gasteiger charge is -2.07. The third-order valence-corrected chi connectivity index (χ3v) is 3.73. The number of hydrogen-bond donors (Lipinski definition) is 1. The average molecular weight is 330 g/mol. The van der Waals surface area contributed by atoms with E-state index in [0.29, 0.717) is 5.69 Å². The minimum Gasteiger partial charge on any atom is -0.305 e. The predicted octanol–water partition coefficient (Wildman–Crippen LogP) is 4.19. The highest BCUT2D eigenvalue weighted by atomic mass is 79.9. The zero-order valence-corrected chi connectivity index (χ0v) is 12.4. The minimum absolute atomic E-state index is 0.280. The quantitative estimate of drug-likeness (QED) is 0.727. The Morgan fingerprint density at radius 1 is 1.25 bits per heavy atom. The van der Waals surface area contributed by atoms with Gasteiger partial charge in [-0.15, -0.1) is 0 Å². The van der Waals surface area contributed by atoms with Gasteiger partial charge < -0.3 is 5.32 Å². The molecule has 1 N–H and O–H groups in total. The molecule has 0 fully saturated rings. The van der Waals surface area contributed by atoms with Gasteiger partial charge in [0.2, 0.25) is 0 Å². The van der Waals surface area contributed by atoms with Gasteiger partial charge in [0.1, 0.15) is 0 Å². The second-order valence-electron chi connectivity index (χ2n) is 4.53. The van der Waals surface area contributed by atoms with Crippen LogP contribution in [0.1, 0.15) is 5.56 Å². The number of fused-ring (bicyclic) bond motifs is 1. The molecule has 0 saturated carbocycles. The van der Waals surface area contributed by atoms with Crippen LogP contribution in [0, 0.1) is 6.92 Å². The SMILES string of the molecule is Cc1ccc2cnn(C(=O)Nc3ccccc3Br)c2c1. The molecule has 3 rings (SSSR count). The molecule has 0 aliphatic rings. The summed E-state index contributed by atoms with van der Waals surface area (Å²) in [6.07, 6.45) is 1.69. The largest absolute Gasteiger partial charge is 0.347 e. The molecule has 0 bridgehead atoms. The van der Waals surface area contributed by atoms with Gasteiger partial charge in [-0.25, -0.2) is 4.79 Å². The summed E-state index contributed by atoms with van der Waals surface area (Å²) in [5.74, 6) is 0. The molecule has 100 valence electrons. The van der Waals surface area contributed by atoms with Crippen molar-refractivity contribution in [1.82, 2.24) is 9.78 Å². The number of para-hydroxylation sites is 1. The minimum atomic E-state index is -0.280. The van der Waals surface area contributed by atoms with Crippen LogP contribution < -0.4 is 5.32 Å². The van der Waals surface area contributed by atoms with E-state index < -0.39 is 0 Å². The number of carbonyl (C=O) groups excluding carboxylic acids is 1. The van der Waals surface area contributed by atoms with Crippen molar-refractivity contribution in [2.45, 2.75) is 6.92 Å². The maximum Gasteiger partial charge on any atom is 0.347 e. The van der Waals surface area contributed by atoms with Gasteiger partial charge in [-0.2, -0.15) is 9.78 Å². The van der Waals surface area contributed by atoms with E-state index in [0.717, 1.165) is 20.9 Å². The van der Waals surface area contributed by atoms with Crippen molar-refractivity contribution in [2.75, 3.05) is 5.32 Å². The van der Waals surface area contributed by atoms with Gasteiger partial charge in [0.05, 0.1) is 17.4 Å². The second kappa shape index (κ2) is 5.09. The number of benzene rings is 2. The lowest BCUT2D eigenvalue weighted by molar-refractivity contribution is 0.252. The summed E-state index contributed by atoms with van der Waals surface area (Å²) in [4.78, 5) is 12.3. The predicted molar refractivity (Wildman–Crippen MR) is 83.0 cm³/mol. The number of halogens is 1. The van der Waals surface area contributed by atoms with Gasteiger partial charge in [-0.3, -0.25) is 0 Å². The van der Waals surface area contributed by atoms with Gasteiger partial charge in [-0.1, -0.05) is 24.3 Å². The van der Waals surface area contributed by atoms with Crippen LogP contribution >= 0.6 is 15.9 Å². The highest BCUT2D eigenvalue weighted by Gasteiger charge is 2.11. The molecular weight excluding hydrogens is 318 g/mol. The number of aromatic nitrogens is 2. The normalized spacial score (nSPS) is 10.7. The summed E-state index contributed by atoms with van der Waals surface area (Å²) in [7, 11) is 0. The average Bonchev–Trinajstić information content (AvgIpc) is 2.84. The van der Waals surface area contributed by atoms with Crippen molar-refractivity contribution in [3.05, 3.63) is 58.7 Å². The molecule has 20 heavy (non-hydrogen) atoms. The number of nitrogens with zero attached hydrogens (tertiary/aromatic N) is 2. The highest BCUT2D eigenvalue weighted by molar-refractivity contribution is 9.10. The van der Waals surface area contributed by atoms with E-state index in [1.807, 2.05) is 49.4 Å². The Labute approximate surface area is 124 Å². The van der Waals surface area contributed by atoms with Gasteiger partial charge in [0.25, 0.3) is 0 Å². The van der Waals surface area contributed by atoms with Crippen molar-refractivity contribution in [2.24, 2.45) is 0 Å². The van der Waals surface area contributed by atoms with Crippen LogP contribution in [0.3, 0.4) is 0 Å². The number of aryl methyl sites for hydroxylation is 1. The molecule has 0 spiro atoms. The standard InChI is InChI=1S/C15H12BrN3O/c1-10-6-7-11-9-17-19(14(11)8-10)15(20)18-13-5-3-2-4-12(13)16/h2-9H,1H3,(H,18,20). The van der Waals surface area contributed by atoms with E-state index in [9.17, 15) is 4.79 Å². The number of hydrogen-bond acceptors (Lipinski definition) is 2. The van der Waals surface area contributed by atoms with Gasteiger partial charge >= 0.3 is 6.03 Å². The van der Waals surface area contributed by atoms with Gasteiger partial charge in [-0.05, 0) is 46.6 Å². The Kier molecular flexibility index (Phi) is 3.28. The first-order valence-corrected chi connectivity index (χ1v) is 6.95. The van der Waals surface area contributed by atoms with E-state index in [-0.39, 0.29) is 6.03 Å². The third kappa shape index (κ3) is 2.32. The zero-order chi connectivity index (χ0) is 14.1. The van der Waals surface area contributed by atoms with E-state index in [4.69, 9.17) is 0 Å². The summed E-state index contributed by atoms with van der Waals surface area (Å²) in [5, 5.41) is 7.93. The molecule has 5 heteroatoms. The number of carbonyl (C=O) groups is 1. The van der Waals surface area contributed by atoms with E-state index in [1.54, 1.807) is 6.20 Å². The lowest BCUT2D eigenvalue weighted by atomic mass is 10.2. The molecule has 3 aromatic rings. The fourth-order valence-electron chi connectivity index (χ4n) is 2.02. The zero-order valence-electron chi connectivity index (χ0n) is 10.8.